The second kappa shape index (κ2) is 9.06. The van der Waals surface area contributed by atoms with Gasteiger partial charge in [-0.05, 0) is 50.6 Å². The standard InChI is InChI=1S/C24H24N2O3/c1-16-6-10-19(11-7-16)18(3)25-24(28)22(15-21-5-4-14-29-21)26-23(27)20-12-8-17(2)9-13-20/h4-15,18H,1-3H3,(H,25,28)(H,26,27)/b22-15-/t18-/m1/s1. The van der Waals surface area contributed by atoms with E-state index in [1.54, 1.807) is 24.3 Å². The first kappa shape index (κ1) is 20.1. The molecule has 0 saturated carbocycles. The molecule has 0 unspecified atom stereocenters. The molecule has 0 saturated heterocycles. The van der Waals surface area contributed by atoms with Crippen molar-refractivity contribution in [2.24, 2.45) is 0 Å². The Kier molecular flexibility index (Phi) is 6.29. The lowest BCUT2D eigenvalue weighted by molar-refractivity contribution is -0.118. The molecule has 0 aliphatic carbocycles. The molecule has 2 aromatic carbocycles. The first-order chi connectivity index (χ1) is 13.9. The minimum absolute atomic E-state index is 0.115. The number of benzene rings is 2. The van der Waals surface area contributed by atoms with Crippen molar-refractivity contribution in [3.05, 3.63) is 101 Å². The monoisotopic (exact) mass is 388 g/mol. The molecule has 1 heterocycles. The van der Waals surface area contributed by atoms with E-state index < -0.39 is 5.91 Å². The van der Waals surface area contributed by atoms with E-state index in [1.165, 1.54) is 12.3 Å². The Bertz CT molecular complexity index is 1000. The third-order valence-electron chi connectivity index (χ3n) is 4.56. The number of nitrogens with one attached hydrogen (secondary N) is 2. The lowest BCUT2D eigenvalue weighted by Crippen LogP contribution is -2.36. The second-order valence-corrected chi connectivity index (χ2v) is 7.00. The Hall–Kier alpha value is -3.60. The smallest absolute Gasteiger partial charge is 0.268 e. The average molecular weight is 388 g/mol. The molecule has 29 heavy (non-hydrogen) atoms. The molecule has 148 valence electrons. The van der Waals surface area contributed by atoms with E-state index in [0.29, 0.717) is 11.3 Å². The number of hydrogen-bond donors (Lipinski definition) is 2. The van der Waals surface area contributed by atoms with Crippen LogP contribution in [-0.2, 0) is 4.79 Å². The van der Waals surface area contributed by atoms with Crippen LogP contribution in [0.4, 0.5) is 0 Å². The van der Waals surface area contributed by atoms with Gasteiger partial charge in [-0.25, -0.2) is 0 Å². The van der Waals surface area contributed by atoms with Gasteiger partial charge in [-0.15, -0.1) is 0 Å². The molecule has 0 aliphatic rings. The summed E-state index contributed by atoms with van der Waals surface area (Å²) in [5, 5.41) is 5.64. The summed E-state index contributed by atoms with van der Waals surface area (Å²) in [6.45, 7) is 5.86. The highest BCUT2D eigenvalue weighted by atomic mass is 16.3. The summed E-state index contributed by atoms with van der Waals surface area (Å²) in [4.78, 5) is 25.5. The van der Waals surface area contributed by atoms with Gasteiger partial charge in [-0.1, -0.05) is 47.5 Å². The summed E-state index contributed by atoms with van der Waals surface area (Å²) >= 11 is 0. The van der Waals surface area contributed by atoms with E-state index in [9.17, 15) is 9.59 Å². The topological polar surface area (TPSA) is 71.3 Å². The number of hydrogen-bond acceptors (Lipinski definition) is 3. The van der Waals surface area contributed by atoms with Gasteiger partial charge >= 0.3 is 0 Å². The van der Waals surface area contributed by atoms with Gasteiger partial charge in [0.05, 0.1) is 12.3 Å². The SMILES string of the molecule is Cc1ccc(C(=O)N/C(=C\c2ccco2)C(=O)N[C@H](C)c2ccc(C)cc2)cc1. The Labute approximate surface area is 170 Å². The van der Waals surface area contributed by atoms with E-state index in [-0.39, 0.29) is 17.6 Å². The van der Waals surface area contributed by atoms with Crippen LogP contribution in [0.2, 0.25) is 0 Å². The molecular formula is C24H24N2O3. The summed E-state index contributed by atoms with van der Waals surface area (Å²) in [5.74, 6) is -0.279. The Morgan fingerprint density at radius 1 is 0.931 bits per heavy atom. The molecule has 2 N–H and O–H groups in total. The zero-order valence-electron chi connectivity index (χ0n) is 16.7. The summed E-state index contributed by atoms with van der Waals surface area (Å²) < 4.78 is 5.31. The number of amides is 2. The summed E-state index contributed by atoms with van der Waals surface area (Å²) in [5.41, 5.74) is 3.77. The fourth-order valence-electron chi connectivity index (χ4n) is 2.79. The summed E-state index contributed by atoms with van der Waals surface area (Å²) in [6, 6.07) is 18.3. The van der Waals surface area contributed by atoms with Gasteiger partial charge in [0.2, 0.25) is 0 Å². The molecule has 3 aromatic rings. The zero-order valence-corrected chi connectivity index (χ0v) is 16.7. The van der Waals surface area contributed by atoms with Gasteiger partial charge in [0.15, 0.2) is 0 Å². The lowest BCUT2D eigenvalue weighted by atomic mass is 10.1. The number of carbonyl (C=O) groups excluding carboxylic acids is 2. The number of aryl methyl sites for hydroxylation is 2. The molecular weight excluding hydrogens is 364 g/mol. The van der Waals surface area contributed by atoms with Crippen molar-refractivity contribution < 1.29 is 14.0 Å². The normalized spacial score (nSPS) is 12.3. The lowest BCUT2D eigenvalue weighted by Gasteiger charge is -2.17. The minimum Gasteiger partial charge on any atom is -0.465 e. The molecule has 0 radical (unpaired) electrons. The number of carbonyl (C=O) groups is 2. The number of furan rings is 1. The van der Waals surface area contributed by atoms with Crippen molar-refractivity contribution in [2.45, 2.75) is 26.8 Å². The van der Waals surface area contributed by atoms with E-state index in [2.05, 4.69) is 10.6 Å². The highest BCUT2D eigenvalue weighted by Crippen LogP contribution is 2.15. The number of rotatable bonds is 6. The third-order valence-corrected chi connectivity index (χ3v) is 4.56. The van der Waals surface area contributed by atoms with Crippen molar-refractivity contribution >= 4 is 17.9 Å². The molecule has 0 fully saturated rings. The van der Waals surface area contributed by atoms with E-state index >= 15 is 0 Å². The average Bonchev–Trinajstić information content (AvgIpc) is 3.21. The van der Waals surface area contributed by atoms with Gasteiger partial charge in [0.1, 0.15) is 11.5 Å². The molecule has 0 spiro atoms. The molecule has 1 aromatic heterocycles. The van der Waals surface area contributed by atoms with E-state index in [4.69, 9.17) is 4.42 Å². The summed E-state index contributed by atoms with van der Waals surface area (Å²) in [7, 11) is 0. The molecule has 5 heteroatoms. The molecule has 0 bridgehead atoms. The van der Waals surface area contributed by atoms with Gasteiger partial charge in [0.25, 0.3) is 11.8 Å². The summed E-state index contributed by atoms with van der Waals surface area (Å²) in [6.07, 6.45) is 3.03. The first-order valence-electron chi connectivity index (χ1n) is 9.43. The van der Waals surface area contributed by atoms with Crippen LogP contribution in [0, 0.1) is 13.8 Å². The van der Waals surface area contributed by atoms with Crippen LogP contribution in [0.15, 0.2) is 77.0 Å². The maximum Gasteiger partial charge on any atom is 0.268 e. The fraction of sp³-hybridized carbons (Fsp3) is 0.167. The predicted molar refractivity (Wildman–Crippen MR) is 113 cm³/mol. The van der Waals surface area contributed by atoms with Crippen LogP contribution in [-0.4, -0.2) is 11.8 Å². The van der Waals surface area contributed by atoms with Gasteiger partial charge in [-0.2, -0.15) is 0 Å². The maximum atomic E-state index is 12.9. The maximum absolute atomic E-state index is 12.9. The minimum atomic E-state index is -0.394. The van der Waals surface area contributed by atoms with Crippen molar-refractivity contribution in [3.8, 4) is 0 Å². The van der Waals surface area contributed by atoms with Crippen LogP contribution in [0.25, 0.3) is 6.08 Å². The second-order valence-electron chi connectivity index (χ2n) is 7.00. The van der Waals surface area contributed by atoms with Crippen molar-refractivity contribution in [1.29, 1.82) is 0 Å². The van der Waals surface area contributed by atoms with Crippen molar-refractivity contribution in [3.63, 3.8) is 0 Å². The Morgan fingerprint density at radius 3 is 2.14 bits per heavy atom. The quantitative estimate of drug-likeness (QED) is 0.609. The van der Waals surface area contributed by atoms with Crippen LogP contribution < -0.4 is 10.6 Å². The van der Waals surface area contributed by atoms with Gasteiger partial charge in [0, 0.05) is 11.6 Å². The zero-order chi connectivity index (χ0) is 20.8. The molecule has 2 amide bonds. The molecule has 1 atom stereocenters. The molecule has 3 rings (SSSR count). The molecule has 0 aliphatic heterocycles. The van der Waals surface area contributed by atoms with Gasteiger partial charge in [-0.3, -0.25) is 9.59 Å². The van der Waals surface area contributed by atoms with Crippen LogP contribution in [0.3, 0.4) is 0 Å². The Morgan fingerprint density at radius 2 is 1.55 bits per heavy atom. The third kappa shape index (κ3) is 5.45. The van der Waals surface area contributed by atoms with Crippen LogP contribution >= 0.6 is 0 Å². The van der Waals surface area contributed by atoms with Crippen LogP contribution in [0.1, 0.15) is 45.8 Å². The molecule has 5 nitrogen and oxygen atoms in total. The largest absolute Gasteiger partial charge is 0.465 e. The van der Waals surface area contributed by atoms with Gasteiger partial charge < -0.3 is 15.1 Å². The highest BCUT2D eigenvalue weighted by molar-refractivity contribution is 6.05. The Balaban J connectivity index is 1.79. The fourth-order valence-corrected chi connectivity index (χ4v) is 2.79. The van der Waals surface area contributed by atoms with E-state index in [1.807, 2.05) is 57.2 Å². The van der Waals surface area contributed by atoms with Crippen LogP contribution in [0.5, 0.6) is 0 Å². The highest BCUT2D eigenvalue weighted by Gasteiger charge is 2.18. The van der Waals surface area contributed by atoms with E-state index in [0.717, 1.165) is 16.7 Å². The van der Waals surface area contributed by atoms with Crippen molar-refractivity contribution in [1.82, 2.24) is 10.6 Å². The first-order valence-corrected chi connectivity index (χ1v) is 9.43. The van der Waals surface area contributed by atoms with Crippen molar-refractivity contribution in [2.75, 3.05) is 0 Å². The predicted octanol–water partition coefficient (Wildman–Crippen LogP) is 4.54.